The Morgan fingerprint density at radius 1 is 1.00 bits per heavy atom. The van der Waals surface area contributed by atoms with Crippen LogP contribution >= 0.6 is 23.2 Å². The Morgan fingerprint density at radius 3 is 2.29 bits per heavy atom. The van der Waals surface area contributed by atoms with E-state index in [1.807, 2.05) is 0 Å². The molecule has 1 heterocycles. The molecule has 1 aromatic heterocycles. The molecule has 1 aliphatic carbocycles. The second kappa shape index (κ2) is 15.9. The molecule has 0 amide bonds. The SMILES string of the molecule is CCOC(=O)COC(=O)c1cc(Oc2ccc(C(F)(F)F)cc2Cl)ccc1[N+](=O)[O-].CS(=O)(=O)c1cc(Cl)ccc1C(=O)c1cnoc1C1CC1. The highest BCUT2D eigenvalue weighted by atomic mass is 35.5. The number of ether oxygens (including phenoxy) is 3. The number of sulfone groups is 1. The van der Waals surface area contributed by atoms with Gasteiger partial charge in [-0.05, 0) is 62.2 Å². The quantitative estimate of drug-likeness (QED) is 0.0630. The summed E-state index contributed by atoms with van der Waals surface area (Å²) in [5.74, 6) is -2.02. The second-order valence-corrected chi connectivity index (χ2v) is 13.5. The lowest BCUT2D eigenvalue weighted by Gasteiger charge is -2.12. The van der Waals surface area contributed by atoms with Crippen molar-refractivity contribution in [1.82, 2.24) is 5.16 Å². The highest BCUT2D eigenvalue weighted by Crippen LogP contribution is 2.42. The van der Waals surface area contributed by atoms with E-state index in [-0.39, 0.29) is 44.5 Å². The molecule has 19 heteroatoms. The summed E-state index contributed by atoms with van der Waals surface area (Å²) >= 11 is 11.6. The summed E-state index contributed by atoms with van der Waals surface area (Å²) < 4.78 is 81.6. The average Bonchev–Trinajstić information content (AvgIpc) is 3.79. The molecule has 1 aliphatic rings. The molecule has 13 nitrogen and oxygen atoms in total. The molecule has 5 rings (SSSR count). The number of rotatable bonds is 11. The number of carbonyl (C=O) groups excluding carboxylic acids is 3. The van der Waals surface area contributed by atoms with Gasteiger partial charge in [0.05, 0.1) is 38.8 Å². The Kier molecular flexibility index (Phi) is 12.1. The summed E-state index contributed by atoms with van der Waals surface area (Å²) in [5.41, 5.74) is -1.75. The number of nitro groups is 1. The fourth-order valence-electron chi connectivity index (χ4n) is 4.39. The van der Waals surface area contributed by atoms with Gasteiger partial charge in [-0.3, -0.25) is 14.9 Å². The van der Waals surface area contributed by atoms with E-state index in [2.05, 4.69) is 9.89 Å². The van der Waals surface area contributed by atoms with Crippen molar-refractivity contribution in [3.8, 4) is 11.5 Å². The van der Waals surface area contributed by atoms with E-state index in [0.717, 1.165) is 49.4 Å². The third-order valence-corrected chi connectivity index (χ3v) is 8.54. The zero-order valence-electron chi connectivity index (χ0n) is 26.4. The number of benzene rings is 3. The van der Waals surface area contributed by atoms with E-state index in [4.69, 9.17) is 37.2 Å². The minimum atomic E-state index is -4.61. The molecule has 0 aliphatic heterocycles. The lowest BCUT2D eigenvalue weighted by Crippen LogP contribution is -2.17. The zero-order chi connectivity index (χ0) is 37.7. The van der Waals surface area contributed by atoms with E-state index < -0.39 is 62.1 Å². The minimum absolute atomic E-state index is 0.0493. The fraction of sp³-hybridized carbons (Fsp3) is 0.250. The molecule has 1 saturated carbocycles. The van der Waals surface area contributed by atoms with Crippen LogP contribution in [-0.2, 0) is 30.3 Å². The van der Waals surface area contributed by atoms with Crippen molar-refractivity contribution in [3.63, 3.8) is 0 Å². The molecular formula is C32H25Cl2F3N2O11S. The van der Waals surface area contributed by atoms with Gasteiger partial charge in [-0.2, -0.15) is 13.2 Å². The van der Waals surface area contributed by atoms with Gasteiger partial charge in [0.2, 0.25) is 0 Å². The number of alkyl halides is 3. The van der Waals surface area contributed by atoms with Crippen LogP contribution < -0.4 is 4.74 Å². The van der Waals surface area contributed by atoms with Crippen molar-refractivity contribution in [2.45, 2.75) is 36.8 Å². The van der Waals surface area contributed by atoms with Gasteiger partial charge < -0.3 is 18.7 Å². The van der Waals surface area contributed by atoms with Gasteiger partial charge in [-0.15, -0.1) is 0 Å². The van der Waals surface area contributed by atoms with Crippen molar-refractivity contribution in [2.24, 2.45) is 0 Å². The molecule has 0 saturated heterocycles. The minimum Gasteiger partial charge on any atom is -0.463 e. The van der Waals surface area contributed by atoms with Crippen LogP contribution in [0.1, 0.15) is 63.3 Å². The lowest BCUT2D eigenvalue weighted by atomic mass is 10.0. The van der Waals surface area contributed by atoms with Crippen LogP contribution in [0.5, 0.6) is 11.5 Å². The average molecular weight is 774 g/mol. The maximum atomic E-state index is 12.7. The molecule has 0 N–H and O–H groups in total. The summed E-state index contributed by atoms with van der Waals surface area (Å²) in [6.45, 7) is 0.825. The number of halogens is 5. The van der Waals surface area contributed by atoms with Crippen molar-refractivity contribution in [2.75, 3.05) is 19.5 Å². The molecule has 1 fully saturated rings. The van der Waals surface area contributed by atoms with Gasteiger partial charge in [0, 0.05) is 34.9 Å². The first-order valence-electron chi connectivity index (χ1n) is 14.5. The smallest absolute Gasteiger partial charge is 0.416 e. The van der Waals surface area contributed by atoms with Crippen LogP contribution in [0.3, 0.4) is 0 Å². The number of ketones is 1. The van der Waals surface area contributed by atoms with Crippen molar-refractivity contribution >= 4 is 56.4 Å². The molecule has 51 heavy (non-hydrogen) atoms. The molecule has 0 unspecified atom stereocenters. The molecule has 3 aromatic carbocycles. The van der Waals surface area contributed by atoms with Crippen molar-refractivity contribution < 1.29 is 59.6 Å². The number of nitro benzene ring substituents is 1. The van der Waals surface area contributed by atoms with Crippen LogP contribution in [0, 0.1) is 10.1 Å². The first-order valence-corrected chi connectivity index (χ1v) is 17.2. The maximum Gasteiger partial charge on any atom is 0.416 e. The largest absolute Gasteiger partial charge is 0.463 e. The first kappa shape index (κ1) is 38.8. The monoisotopic (exact) mass is 772 g/mol. The number of nitrogens with zero attached hydrogens (tertiary/aromatic N) is 2. The Balaban J connectivity index is 0.000000242. The van der Waals surface area contributed by atoms with Gasteiger partial charge in [-0.1, -0.05) is 28.4 Å². The summed E-state index contributed by atoms with van der Waals surface area (Å²) in [4.78, 5) is 46.3. The van der Waals surface area contributed by atoms with Gasteiger partial charge in [-0.25, -0.2) is 18.0 Å². The normalized spacial score (nSPS) is 12.7. The van der Waals surface area contributed by atoms with E-state index in [1.54, 1.807) is 0 Å². The van der Waals surface area contributed by atoms with E-state index in [1.165, 1.54) is 31.3 Å². The van der Waals surface area contributed by atoms with Crippen LogP contribution in [0.4, 0.5) is 18.9 Å². The zero-order valence-corrected chi connectivity index (χ0v) is 28.7. The van der Waals surface area contributed by atoms with Gasteiger partial charge in [0.25, 0.3) is 5.69 Å². The van der Waals surface area contributed by atoms with Crippen molar-refractivity contribution in [3.05, 3.63) is 109 Å². The predicted molar refractivity (Wildman–Crippen MR) is 173 cm³/mol. The lowest BCUT2D eigenvalue weighted by molar-refractivity contribution is -0.385. The van der Waals surface area contributed by atoms with Crippen LogP contribution in [0.15, 0.2) is 70.2 Å². The molecule has 0 radical (unpaired) electrons. The fourth-order valence-corrected chi connectivity index (χ4v) is 5.75. The van der Waals surface area contributed by atoms with Crippen LogP contribution in [-0.4, -0.2) is 55.7 Å². The summed E-state index contributed by atoms with van der Waals surface area (Å²) in [6.07, 6.45) is -0.309. The van der Waals surface area contributed by atoms with E-state index in [9.17, 15) is 46.1 Å². The number of aromatic nitrogens is 1. The molecule has 270 valence electrons. The van der Waals surface area contributed by atoms with E-state index >= 15 is 0 Å². The predicted octanol–water partition coefficient (Wildman–Crippen LogP) is 7.62. The first-order chi connectivity index (χ1) is 23.9. The number of esters is 2. The van der Waals surface area contributed by atoms with Crippen molar-refractivity contribution in [1.29, 1.82) is 0 Å². The molecule has 0 atom stereocenters. The molecule has 0 spiro atoms. The Hall–Kier alpha value is -5.00. The summed E-state index contributed by atoms with van der Waals surface area (Å²) in [5, 5.41) is 14.7. The molecule has 0 bridgehead atoms. The van der Waals surface area contributed by atoms with Gasteiger partial charge >= 0.3 is 18.1 Å². The summed E-state index contributed by atoms with van der Waals surface area (Å²) in [6, 6.07) is 9.55. The third kappa shape index (κ3) is 10.0. The third-order valence-electron chi connectivity index (χ3n) is 6.88. The highest BCUT2D eigenvalue weighted by molar-refractivity contribution is 7.90. The Morgan fingerprint density at radius 2 is 1.71 bits per heavy atom. The molecular weight excluding hydrogens is 748 g/mol. The second-order valence-electron chi connectivity index (χ2n) is 10.7. The van der Waals surface area contributed by atoms with Gasteiger partial charge in [0.1, 0.15) is 17.1 Å². The summed E-state index contributed by atoms with van der Waals surface area (Å²) in [7, 11) is -3.57. The van der Waals surface area contributed by atoms with Gasteiger partial charge in [0.15, 0.2) is 28.0 Å². The number of hydrogen-bond donors (Lipinski definition) is 0. The van der Waals surface area contributed by atoms with Crippen LogP contribution in [0.25, 0.3) is 0 Å². The highest BCUT2D eigenvalue weighted by Gasteiger charge is 2.34. The van der Waals surface area contributed by atoms with Crippen LogP contribution in [0.2, 0.25) is 10.0 Å². The Bertz CT molecular complexity index is 2100. The standard InChI is InChI=1S/C18H13ClF3NO7.C14H12ClNO4S/c1-2-28-16(24)9-29-17(25)12-8-11(4-5-14(12)23(26)27)30-15-6-3-10(7-13(15)19)18(20,21)22;1-21(18,19)12-6-9(15)4-5-10(12)13(17)11-7-16-20-14(11)8-2-3-8/h3-8H,2,9H2,1H3;4-8H,2-3H2,1H3. The number of carbonyl (C=O) groups is 3. The maximum absolute atomic E-state index is 12.7. The Labute approximate surface area is 297 Å². The molecule has 4 aromatic rings. The van der Waals surface area contributed by atoms with E-state index in [0.29, 0.717) is 17.4 Å². The number of hydrogen-bond acceptors (Lipinski definition) is 12. The topological polar surface area (TPSA) is 182 Å².